The average Bonchev–Trinajstić information content (AvgIpc) is 2.64. The van der Waals surface area contributed by atoms with Crippen molar-refractivity contribution >= 4 is 23.8 Å². The molecule has 10 heteroatoms. The summed E-state index contributed by atoms with van der Waals surface area (Å²) in [6, 6.07) is 7.31. The Hall–Kier alpha value is -3.14. The minimum atomic E-state index is -0.920. The molecular weight excluding hydrogens is 366 g/mol. The van der Waals surface area contributed by atoms with Crippen molar-refractivity contribution in [1.82, 2.24) is 21.5 Å². The van der Waals surface area contributed by atoms with E-state index in [1.54, 1.807) is 13.8 Å². The number of benzene rings is 1. The Balaban J connectivity index is 2.49. The molecule has 0 fully saturated rings. The van der Waals surface area contributed by atoms with Crippen molar-refractivity contribution in [3.8, 4) is 0 Å². The summed E-state index contributed by atoms with van der Waals surface area (Å²) in [7, 11) is 0. The third kappa shape index (κ3) is 8.49. The monoisotopic (exact) mass is 393 g/mol. The predicted molar refractivity (Wildman–Crippen MR) is 101 cm³/mol. The van der Waals surface area contributed by atoms with E-state index >= 15 is 0 Å². The molecule has 0 heterocycles. The molecule has 0 unspecified atom stereocenters. The number of rotatable bonds is 10. The lowest BCUT2D eigenvalue weighted by Gasteiger charge is -2.23. The van der Waals surface area contributed by atoms with Gasteiger partial charge < -0.3 is 21.1 Å². The summed E-state index contributed by atoms with van der Waals surface area (Å²) < 4.78 is 5.06. The van der Waals surface area contributed by atoms with Crippen LogP contribution in [0.15, 0.2) is 30.3 Å². The van der Waals surface area contributed by atoms with E-state index in [1.165, 1.54) is 6.92 Å². The first-order valence-electron chi connectivity index (χ1n) is 8.79. The maximum Gasteiger partial charge on any atom is 0.408 e. The minimum absolute atomic E-state index is 0.0730. The van der Waals surface area contributed by atoms with Crippen LogP contribution in [-0.4, -0.2) is 42.4 Å². The Morgan fingerprint density at radius 2 is 1.64 bits per heavy atom. The van der Waals surface area contributed by atoms with Gasteiger partial charge in [-0.2, -0.15) is 0 Å². The maximum absolute atomic E-state index is 12.3. The number of primary amides is 1. The maximum atomic E-state index is 12.3. The van der Waals surface area contributed by atoms with Crippen molar-refractivity contribution in [3.05, 3.63) is 35.9 Å². The second kappa shape index (κ2) is 11.5. The highest BCUT2D eigenvalue weighted by molar-refractivity contribution is 5.91. The molecule has 0 aromatic heterocycles. The fourth-order valence-electron chi connectivity index (χ4n) is 2.12. The molecule has 0 spiro atoms. The largest absolute Gasteiger partial charge is 0.445 e. The minimum Gasteiger partial charge on any atom is -0.445 e. The molecular formula is C18H27N5O5. The molecule has 1 aromatic rings. The zero-order valence-electron chi connectivity index (χ0n) is 16.2. The molecule has 1 rings (SSSR count). The van der Waals surface area contributed by atoms with Gasteiger partial charge in [-0.15, -0.1) is 0 Å². The zero-order chi connectivity index (χ0) is 21.1. The van der Waals surface area contributed by atoms with Gasteiger partial charge in [0.15, 0.2) is 0 Å². The van der Waals surface area contributed by atoms with Crippen LogP contribution < -0.4 is 27.2 Å². The number of hydrogen-bond donors (Lipinski definition) is 5. The van der Waals surface area contributed by atoms with E-state index in [0.29, 0.717) is 0 Å². The molecule has 0 saturated carbocycles. The first kappa shape index (κ1) is 22.9. The van der Waals surface area contributed by atoms with Crippen LogP contribution >= 0.6 is 0 Å². The number of carbonyl (C=O) groups excluding carboxylic acids is 4. The normalized spacial score (nSPS) is 12.6. The molecule has 1 aromatic carbocycles. The SMILES string of the molecule is CC(C)[C@H](NC(=O)[C@H](C)NC(=O)OCc1ccccc1)C(=O)NNCC(N)=O. The lowest BCUT2D eigenvalue weighted by molar-refractivity contribution is -0.131. The van der Waals surface area contributed by atoms with Crippen molar-refractivity contribution in [2.45, 2.75) is 39.5 Å². The topological polar surface area (TPSA) is 152 Å². The van der Waals surface area contributed by atoms with E-state index < -0.39 is 35.9 Å². The van der Waals surface area contributed by atoms with Crippen LogP contribution in [0.25, 0.3) is 0 Å². The summed E-state index contributed by atoms with van der Waals surface area (Å²) in [6.07, 6.45) is -0.750. The highest BCUT2D eigenvalue weighted by Gasteiger charge is 2.27. The third-order valence-electron chi connectivity index (χ3n) is 3.66. The molecule has 0 bridgehead atoms. The number of hydrogen-bond acceptors (Lipinski definition) is 6. The number of alkyl carbamates (subject to hydrolysis) is 1. The van der Waals surface area contributed by atoms with Gasteiger partial charge in [-0.1, -0.05) is 44.2 Å². The van der Waals surface area contributed by atoms with Crippen molar-refractivity contribution < 1.29 is 23.9 Å². The average molecular weight is 393 g/mol. The number of hydrazine groups is 1. The molecule has 154 valence electrons. The van der Waals surface area contributed by atoms with Gasteiger partial charge in [0.1, 0.15) is 18.7 Å². The molecule has 2 atom stereocenters. The summed E-state index contributed by atoms with van der Waals surface area (Å²) in [6.45, 7) is 4.79. The molecule has 0 radical (unpaired) electrons. The number of ether oxygens (including phenoxy) is 1. The highest BCUT2D eigenvalue weighted by Crippen LogP contribution is 2.03. The number of amides is 4. The van der Waals surface area contributed by atoms with Crippen molar-refractivity contribution in [3.63, 3.8) is 0 Å². The quantitative estimate of drug-likeness (QED) is 0.340. The second-order valence-corrected chi connectivity index (χ2v) is 6.47. The van der Waals surface area contributed by atoms with Crippen LogP contribution in [0.5, 0.6) is 0 Å². The van der Waals surface area contributed by atoms with Crippen molar-refractivity contribution in [2.75, 3.05) is 6.54 Å². The van der Waals surface area contributed by atoms with Gasteiger partial charge >= 0.3 is 6.09 Å². The first-order chi connectivity index (χ1) is 13.2. The molecule has 4 amide bonds. The van der Waals surface area contributed by atoms with Crippen LogP contribution in [0.4, 0.5) is 4.79 Å². The van der Waals surface area contributed by atoms with Crippen LogP contribution in [0.2, 0.25) is 0 Å². The summed E-state index contributed by atoms with van der Waals surface area (Å²) in [5, 5.41) is 4.97. The summed E-state index contributed by atoms with van der Waals surface area (Å²) in [4.78, 5) is 47.0. The van der Waals surface area contributed by atoms with E-state index in [0.717, 1.165) is 5.56 Å². The van der Waals surface area contributed by atoms with Crippen molar-refractivity contribution in [1.29, 1.82) is 0 Å². The highest BCUT2D eigenvalue weighted by atomic mass is 16.5. The zero-order valence-corrected chi connectivity index (χ0v) is 16.2. The number of carbonyl (C=O) groups is 4. The summed E-state index contributed by atoms with van der Waals surface area (Å²) >= 11 is 0. The van der Waals surface area contributed by atoms with E-state index in [-0.39, 0.29) is 19.1 Å². The van der Waals surface area contributed by atoms with Gasteiger partial charge in [0.25, 0.3) is 5.91 Å². The second-order valence-electron chi connectivity index (χ2n) is 6.47. The van der Waals surface area contributed by atoms with E-state index in [2.05, 4.69) is 21.5 Å². The molecule has 6 N–H and O–H groups in total. The van der Waals surface area contributed by atoms with Gasteiger partial charge in [-0.3, -0.25) is 19.8 Å². The fraction of sp³-hybridized carbons (Fsp3) is 0.444. The van der Waals surface area contributed by atoms with E-state index in [1.807, 2.05) is 30.3 Å². The number of nitrogens with one attached hydrogen (secondary N) is 4. The first-order valence-corrected chi connectivity index (χ1v) is 8.79. The summed E-state index contributed by atoms with van der Waals surface area (Å²) in [5.41, 5.74) is 10.5. The third-order valence-corrected chi connectivity index (χ3v) is 3.66. The predicted octanol–water partition coefficient (Wildman–Crippen LogP) is -0.452. The molecule has 10 nitrogen and oxygen atoms in total. The molecule has 0 aliphatic rings. The van der Waals surface area contributed by atoms with E-state index in [4.69, 9.17) is 10.5 Å². The van der Waals surface area contributed by atoms with Crippen LogP contribution in [0, 0.1) is 5.92 Å². The van der Waals surface area contributed by atoms with Crippen LogP contribution in [0.3, 0.4) is 0 Å². The van der Waals surface area contributed by atoms with Crippen LogP contribution in [-0.2, 0) is 25.7 Å². The van der Waals surface area contributed by atoms with Crippen LogP contribution in [0.1, 0.15) is 26.3 Å². The molecule has 0 saturated heterocycles. The summed E-state index contributed by atoms with van der Waals surface area (Å²) in [5.74, 6) is -1.97. The lowest BCUT2D eigenvalue weighted by Crippen LogP contribution is -2.57. The Bertz CT molecular complexity index is 680. The van der Waals surface area contributed by atoms with Crippen molar-refractivity contribution in [2.24, 2.45) is 11.7 Å². The Labute approximate surface area is 163 Å². The fourth-order valence-corrected chi connectivity index (χ4v) is 2.12. The Morgan fingerprint density at radius 3 is 2.21 bits per heavy atom. The Kier molecular flexibility index (Phi) is 9.44. The van der Waals surface area contributed by atoms with Gasteiger partial charge in [0.05, 0.1) is 6.54 Å². The molecule has 0 aliphatic heterocycles. The van der Waals surface area contributed by atoms with Gasteiger partial charge in [-0.05, 0) is 18.4 Å². The Morgan fingerprint density at radius 1 is 1.00 bits per heavy atom. The standard InChI is InChI=1S/C18H27N5O5/c1-11(2)15(17(26)23-20-9-14(19)24)22-16(25)12(3)21-18(27)28-10-13-7-5-4-6-8-13/h4-8,11-12,15,20H,9-10H2,1-3H3,(H2,19,24)(H,21,27)(H,22,25)(H,23,26)/t12-,15-/m0/s1. The molecule has 0 aliphatic carbocycles. The lowest BCUT2D eigenvalue weighted by atomic mass is 10.0. The van der Waals surface area contributed by atoms with Gasteiger partial charge in [0.2, 0.25) is 11.8 Å². The van der Waals surface area contributed by atoms with Gasteiger partial charge in [0, 0.05) is 0 Å². The number of nitrogens with two attached hydrogens (primary N) is 1. The van der Waals surface area contributed by atoms with E-state index in [9.17, 15) is 19.2 Å². The molecule has 28 heavy (non-hydrogen) atoms. The smallest absolute Gasteiger partial charge is 0.408 e. The van der Waals surface area contributed by atoms with Gasteiger partial charge in [-0.25, -0.2) is 10.2 Å².